The van der Waals surface area contributed by atoms with Crippen molar-refractivity contribution >= 4 is 50.7 Å². The number of hydrogen-bond acceptors (Lipinski definition) is 6. The van der Waals surface area contributed by atoms with E-state index in [0.717, 1.165) is 10.4 Å². The van der Waals surface area contributed by atoms with Crippen molar-refractivity contribution in [1.82, 2.24) is 9.55 Å². The molecule has 4 rings (SSSR count). The number of aromatic nitrogens is 2. The van der Waals surface area contributed by atoms with Gasteiger partial charge in [-0.05, 0) is 62.7 Å². The van der Waals surface area contributed by atoms with E-state index in [1.165, 1.54) is 23.1 Å². The minimum Gasteiger partial charge on any atom is -0.322 e. The van der Waals surface area contributed by atoms with Crippen LogP contribution in [0.3, 0.4) is 0 Å². The molecule has 1 N–H and O–H groups in total. The first-order chi connectivity index (χ1) is 15.9. The van der Waals surface area contributed by atoms with Crippen LogP contribution in [0.1, 0.15) is 38.1 Å². The molecule has 2 aromatic heterocycles. The molecule has 2 heterocycles. The van der Waals surface area contributed by atoms with Crippen molar-refractivity contribution in [2.45, 2.75) is 32.5 Å². The molecule has 0 saturated heterocycles. The number of benzene rings is 2. The molecule has 1 amide bonds. The Labute approximate surface area is 199 Å². The summed E-state index contributed by atoms with van der Waals surface area (Å²) in [6.45, 7) is 6.32. The van der Waals surface area contributed by atoms with Gasteiger partial charge in [-0.1, -0.05) is 30.0 Å². The van der Waals surface area contributed by atoms with Crippen molar-refractivity contribution in [2.75, 3.05) is 11.1 Å². The monoisotopic (exact) mass is 477 g/mol. The van der Waals surface area contributed by atoms with Gasteiger partial charge in [-0.25, -0.2) is 4.98 Å². The molecule has 0 aliphatic heterocycles. The summed E-state index contributed by atoms with van der Waals surface area (Å²) in [5, 5.41) is 4.05. The van der Waals surface area contributed by atoms with Crippen LogP contribution in [-0.4, -0.2) is 27.0 Å². The number of hydrogen-bond donors (Lipinski definition) is 1. The zero-order valence-corrected chi connectivity index (χ0v) is 20.2. The molecule has 0 aliphatic carbocycles. The second-order valence-electron chi connectivity index (χ2n) is 7.52. The van der Waals surface area contributed by atoms with Crippen LogP contribution in [0.5, 0.6) is 0 Å². The van der Waals surface area contributed by atoms with Gasteiger partial charge in [0.1, 0.15) is 4.83 Å². The number of Topliss-reactive ketones (excluding diaryl/α,β-unsaturated/α-hetero) is 1. The zero-order valence-electron chi connectivity index (χ0n) is 18.5. The summed E-state index contributed by atoms with van der Waals surface area (Å²) < 4.78 is 1.63. The number of carbonyl (C=O) groups is 2. The lowest BCUT2D eigenvalue weighted by molar-refractivity contribution is 0.101. The molecule has 0 saturated carbocycles. The van der Waals surface area contributed by atoms with Gasteiger partial charge in [-0.3, -0.25) is 19.0 Å². The SMILES string of the molecule is CCn1c(SCC(=O)c2ccc(NC(=O)c3ccccc3)cc2)nc2sc(C)c(C)c2c1=O. The first kappa shape index (κ1) is 22.9. The van der Waals surface area contributed by atoms with E-state index in [-0.39, 0.29) is 23.0 Å². The largest absolute Gasteiger partial charge is 0.322 e. The molecule has 0 radical (unpaired) electrons. The topological polar surface area (TPSA) is 81.1 Å². The zero-order chi connectivity index (χ0) is 23.5. The number of nitrogens with zero attached hydrogens (tertiary/aromatic N) is 2. The predicted octanol–water partition coefficient (Wildman–Crippen LogP) is 5.32. The lowest BCUT2D eigenvalue weighted by atomic mass is 10.1. The number of nitrogens with one attached hydrogen (secondary N) is 1. The van der Waals surface area contributed by atoms with Gasteiger partial charge < -0.3 is 5.32 Å². The first-order valence-electron chi connectivity index (χ1n) is 10.5. The Bertz CT molecular complexity index is 1390. The third kappa shape index (κ3) is 4.77. The maximum Gasteiger partial charge on any atom is 0.263 e. The highest BCUT2D eigenvalue weighted by Crippen LogP contribution is 2.28. The van der Waals surface area contributed by atoms with Crippen LogP contribution < -0.4 is 10.9 Å². The van der Waals surface area contributed by atoms with E-state index in [4.69, 9.17) is 0 Å². The lowest BCUT2D eigenvalue weighted by Crippen LogP contribution is -2.22. The maximum atomic E-state index is 13.0. The van der Waals surface area contributed by atoms with Crippen molar-refractivity contribution in [3.8, 4) is 0 Å². The van der Waals surface area contributed by atoms with Gasteiger partial charge in [0.25, 0.3) is 11.5 Å². The number of ketones is 1. The molecular weight excluding hydrogens is 454 g/mol. The quantitative estimate of drug-likeness (QED) is 0.221. The van der Waals surface area contributed by atoms with Crippen LogP contribution in [0.15, 0.2) is 64.5 Å². The van der Waals surface area contributed by atoms with E-state index >= 15 is 0 Å². The van der Waals surface area contributed by atoms with E-state index < -0.39 is 0 Å². The van der Waals surface area contributed by atoms with Crippen LogP contribution in [0.25, 0.3) is 10.2 Å². The summed E-state index contributed by atoms with van der Waals surface area (Å²) in [5.74, 6) is -0.114. The molecule has 168 valence electrons. The average Bonchev–Trinajstić information content (AvgIpc) is 3.11. The van der Waals surface area contributed by atoms with Gasteiger partial charge in [-0.2, -0.15) is 0 Å². The van der Waals surface area contributed by atoms with Crippen LogP contribution in [0, 0.1) is 13.8 Å². The Morgan fingerprint density at radius 3 is 2.39 bits per heavy atom. The number of aryl methyl sites for hydroxylation is 2. The number of carbonyl (C=O) groups excluding carboxylic acids is 2. The minimum atomic E-state index is -0.205. The molecule has 0 bridgehead atoms. The lowest BCUT2D eigenvalue weighted by Gasteiger charge is -2.10. The Hall–Kier alpha value is -3.23. The number of anilines is 1. The van der Waals surface area contributed by atoms with Gasteiger partial charge in [0.2, 0.25) is 0 Å². The number of thiophene rings is 1. The molecule has 0 unspecified atom stereocenters. The fraction of sp³-hybridized carbons (Fsp3) is 0.200. The third-order valence-corrected chi connectivity index (χ3v) is 7.48. The first-order valence-corrected chi connectivity index (χ1v) is 12.3. The Balaban J connectivity index is 1.46. The Kier molecular flexibility index (Phi) is 6.76. The third-order valence-electron chi connectivity index (χ3n) is 5.40. The predicted molar refractivity (Wildman–Crippen MR) is 135 cm³/mol. The molecule has 4 aromatic rings. The van der Waals surface area contributed by atoms with E-state index in [9.17, 15) is 14.4 Å². The van der Waals surface area contributed by atoms with Crippen LogP contribution in [-0.2, 0) is 6.54 Å². The summed E-state index contributed by atoms with van der Waals surface area (Å²) in [5.41, 5.74) is 2.63. The van der Waals surface area contributed by atoms with Crippen molar-refractivity contribution in [3.05, 3.63) is 86.5 Å². The summed E-state index contributed by atoms with van der Waals surface area (Å²) in [6.07, 6.45) is 0. The summed E-state index contributed by atoms with van der Waals surface area (Å²) in [4.78, 5) is 44.5. The summed E-state index contributed by atoms with van der Waals surface area (Å²) in [7, 11) is 0. The van der Waals surface area contributed by atoms with Crippen molar-refractivity contribution in [3.63, 3.8) is 0 Å². The van der Waals surface area contributed by atoms with Gasteiger partial charge >= 0.3 is 0 Å². The molecule has 2 aromatic carbocycles. The molecule has 0 fully saturated rings. The van der Waals surface area contributed by atoms with Crippen molar-refractivity contribution < 1.29 is 9.59 Å². The minimum absolute atomic E-state index is 0.0576. The average molecular weight is 478 g/mol. The molecule has 6 nitrogen and oxygen atoms in total. The van der Waals surface area contributed by atoms with Crippen LogP contribution in [0.4, 0.5) is 5.69 Å². The molecule has 8 heteroatoms. The van der Waals surface area contributed by atoms with Gasteiger partial charge in [0.15, 0.2) is 10.9 Å². The van der Waals surface area contributed by atoms with E-state index in [0.29, 0.717) is 38.7 Å². The highest BCUT2D eigenvalue weighted by atomic mass is 32.2. The second-order valence-corrected chi connectivity index (χ2v) is 9.66. The molecular formula is C25H23N3O3S2. The summed E-state index contributed by atoms with van der Waals surface area (Å²) in [6, 6.07) is 15.8. The molecule has 0 spiro atoms. The number of fused-ring (bicyclic) bond motifs is 1. The van der Waals surface area contributed by atoms with E-state index in [1.807, 2.05) is 26.8 Å². The second kappa shape index (κ2) is 9.72. The maximum absolute atomic E-state index is 13.0. The van der Waals surface area contributed by atoms with E-state index in [1.54, 1.807) is 53.1 Å². The molecule has 0 atom stereocenters. The number of rotatable bonds is 7. The number of amides is 1. The van der Waals surface area contributed by atoms with Crippen molar-refractivity contribution in [1.29, 1.82) is 0 Å². The van der Waals surface area contributed by atoms with Crippen LogP contribution in [0.2, 0.25) is 0 Å². The fourth-order valence-electron chi connectivity index (χ4n) is 3.44. The summed E-state index contributed by atoms with van der Waals surface area (Å²) >= 11 is 2.77. The van der Waals surface area contributed by atoms with Crippen LogP contribution >= 0.6 is 23.1 Å². The Morgan fingerprint density at radius 1 is 1.03 bits per heavy atom. The fourth-order valence-corrected chi connectivity index (χ4v) is 5.47. The Morgan fingerprint density at radius 2 is 1.73 bits per heavy atom. The smallest absolute Gasteiger partial charge is 0.263 e. The van der Waals surface area contributed by atoms with Gasteiger partial charge in [0.05, 0.1) is 11.1 Å². The standard InChI is InChI=1S/C25H23N3O3S2/c1-4-28-24(31)21-15(2)16(3)33-23(21)27-25(28)32-14-20(29)17-10-12-19(13-11-17)26-22(30)18-8-6-5-7-9-18/h5-13H,4,14H2,1-3H3,(H,26,30). The van der Waals surface area contributed by atoms with Gasteiger partial charge in [-0.15, -0.1) is 11.3 Å². The highest BCUT2D eigenvalue weighted by molar-refractivity contribution is 7.99. The normalized spacial score (nSPS) is 11.0. The van der Waals surface area contributed by atoms with Crippen molar-refractivity contribution in [2.24, 2.45) is 0 Å². The molecule has 33 heavy (non-hydrogen) atoms. The van der Waals surface area contributed by atoms with Gasteiger partial charge in [0, 0.05) is 28.2 Å². The highest BCUT2D eigenvalue weighted by Gasteiger charge is 2.17. The number of thioether (sulfide) groups is 1. The molecule has 0 aliphatic rings. The van der Waals surface area contributed by atoms with E-state index in [2.05, 4.69) is 10.3 Å².